The van der Waals surface area contributed by atoms with Crippen molar-refractivity contribution in [1.29, 1.82) is 0 Å². The number of hydrogen-bond acceptors (Lipinski definition) is 4. The van der Waals surface area contributed by atoms with Gasteiger partial charge in [-0.15, -0.1) is 0 Å². The molecule has 0 aromatic carbocycles. The predicted octanol–water partition coefficient (Wildman–Crippen LogP) is 1.30. The SMILES string of the molecule is CCc1cc(C(CC2CCOCC2)NN)n(C)n1. The Labute approximate surface area is 109 Å². The van der Waals surface area contributed by atoms with Crippen molar-refractivity contribution >= 4 is 0 Å². The number of ether oxygens (including phenoxy) is 1. The van der Waals surface area contributed by atoms with Crippen molar-refractivity contribution in [3.05, 3.63) is 17.5 Å². The number of nitrogens with one attached hydrogen (secondary N) is 1. The van der Waals surface area contributed by atoms with Gasteiger partial charge < -0.3 is 4.74 Å². The second-order valence-electron chi connectivity index (χ2n) is 5.05. The first kappa shape index (κ1) is 13.5. The Hall–Kier alpha value is -0.910. The van der Waals surface area contributed by atoms with Crippen LogP contribution >= 0.6 is 0 Å². The summed E-state index contributed by atoms with van der Waals surface area (Å²) in [6.45, 7) is 3.89. The van der Waals surface area contributed by atoms with Crippen LogP contribution in [0.1, 0.15) is 43.6 Å². The van der Waals surface area contributed by atoms with Gasteiger partial charge in [0.05, 0.1) is 17.4 Å². The van der Waals surface area contributed by atoms with Gasteiger partial charge in [0, 0.05) is 20.3 Å². The van der Waals surface area contributed by atoms with E-state index in [-0.39, 0.29) is 6.04 Å². The summed E-state index contributed by atoms with van der Waals surface area (Å²) >= 11 is 0. The fourth-order valence-corrected chi connectivity index (χ4v) is 2.63. The van der Waals surface area contributed by atoms with Crippen LogP contribution in [0.4, 0.5) is 0 Å². The lowest BCUT2D eigenvalue weighted by Gasteiger charge is -2.26. The van der Waals surface area contributed by atoms with E-state index in [0.29, 0.717) is 5.92 Å². The number of hydrogen-bond donors (Lipinski definition) is 2. The van der Waals surface area contributed by atoms with Gasteiger partial charge in [0.1, 0.15) is 0 Å². The van der Waals surface area contributed by atoms with Crippen LogP contribution in [0.3, 0.4) is 0 Å². The van der Waals surface area contributed by atoms with Crippen LogP contribution in [0, 0.1) is 5.92 Å². The average molecular weight is 252 g/mol. The predicted molar refractivity (Wildman–Crippen MR) is 70.8 cm³/mol. The second kappa shape index (κ2) is 6.31. The Kier molecular flexibility index (Phi) is 4.74. The summed E-state index contributed by atoms with van der Waals surface area (Å²) in [5.74, 6) is 6.41. The topological polar surface area (TPSA) is 65.1 Å². The highest BCUT2D eigenvalue weighted by atomic mass is 16.5. The maximum Gasteiger partial charge on any atom is 0.0631 e. The molecule has 2 heterocycles. The molecule has 2 rings (SSSR count). The Morgan fingerprint density at radius 2 is 2.28 bits per heavy atom. The molecule has 0 bridgehead atoms. The fourth-order valence-electron chi connectivity index (χ4n) is 2.63. The van der Waals surface area contributed by atoms with Crippen molar-refractivity contribution < 1.29 is 4.74 Å². The first-order valence-electron chi connectivity index (χ1n) is 6.81. The molecular weight excluding hydrogens is 228 g/mol. The molecular formula is C13H24N4O. The van der Waals surface area contributed by atoms with Gasteiger partial charge in [-0.3, -0.25) is 16.0 Å². The first-order chi connectivity index (χ1) is 8.74. The van der Waals surface area contributed by atoms with E-state index in [0.717, 1.165) is 44.6 Å². The molecule has 0 radical (unpaired) electrons. The lowest BCUT2D eigenvalue weighted by molar-refractivity contribution is 0.0602. The van der Waals surface area contributed by atoms with E-state index in [1.54, 1.807) is 0 Å². The molecule has 3 N–H and O–H groups in total. The van der Waals surface area contributed by atoms with Crippen LogP contribution < -0.4 is 11.3 Å². The van der Waals surface area contributed by atoms with Crippen molar-refractivity contribution in [2.24, 2.45) is 18.8 Å². The van der Waals surface area contributed by atoms with Crippen molar-refractivity contribution in [3.8, 4) is 0 Å². The van der Waals surface area contributed by atoms with Crippen LogP contribution in [-0.4, -0.2) is 23.0 Å². The molecule has 1 aromatic rings. The molecule has 1 saturated heterocycles. The Balaban J connectivity index is 2.04. The molecule has 0 aliphatic carbocycles. The summed E-state index contributed by atoms with van der Waals surface area (Å²) in [5, 5.41) is 4.49. The summed E-state index contributed by atoms with van der Waals surface area (Å²) in [4.78, 5) is 0. The van der Waals surface area contributed by atoms with E-state index >= 15 is 0 Å². The molecule has 5 heteroatoms. The van der Waals surface area contributed by atoms with E-state index in [2.05, 4.69) is 23.5 Å². The Morgan fingerprint density at radius 1 is 1.56 bits per heavy atom. The van der Waals surface area contributed by atoms with Gasteiger partial charge in [-0.1, -0.05) is 6.92 Å². The van der Waals surface area contributed by atoms with Crippen molar-refractivity contribution in [2.45, 2.75) is 38.6 Å². The molecule has 1 atom stereocenters. The first-order valence-corrected chi connectivity index (χ1v) is 6.81. The van der Waals surface area contributed by atoms with Crippen molar-refractivity contribution in [1.82, 2.24) is 15.2 Å². The Bertz CT molecular complexity index is 371. The minimum atomic E-state index is 0.186. The van der Waals surface area contributed by atoms with Crippen LogP contribution in [0.2, 0.25) is 0 Å². The largest absolute Gasteiger partial charge is 0.381 e. The third-order valence-corrected chi connectivity index (χ3v) is 3.80. The molecule has 0 spiro atoms. The van der Waals surface area contributed by atoms with Gasteiger partial charge in [0.15, 0.2) is 0 Å². The molecule has 102 valence electrons. The lowest BCUT2D eigenvalue weighted by atomic mass is 9.91. The third-order valence-electron chi connectivity index (χ3n) is 3.80. The van der Waals surface area contributed by atoms with Gasteiger partial charge in [0.25, 0.3) is 0 Å². The van der Waals surface area contributed by atoms with Gasteiger partial charge in [0.2, 0.25) is 0 Å². The molecule has 1 unspecified atom stereocenters. The highest BCUT2D eigenvalue weighted by Gasteiger charge is 2.22. The van der Waals surface area contributed by atoms with E-state index in [1.807, 2.05) is 11.7 Å². The summed E-state index contributed by atoms with van der Waals surface area (Å²) in [6.07, 6.45) is 4.29. The zero-order valence-electron chi connectivity index (χ0n) is 11.4. The molecule has 0 amide bonds. The molecule has 1 aliphatic heterocycles. The van der Waals surface area contributed by atoms with E-state index in [9.17, 15) is 0 Å². The van der Waals surface area contributed by atoms with Crippen molar-refractivity contribution in [3.63, 3.8) is 0 Å². The molecule has 18 heavy (non-hydrogen) atoms. The molecule has 1 aliphatic rings. The maximum absolute atomic E-state index is 5.72. The normalized spacial score (nSPS) is 19.1. The standard InChI is InChI=1S/C13H24N4O/c1-3-11-9-13(17(2)16-11)12(15-14)8-10-4-6-18-7-5-10/h9-10,12,15H,3-8,14H2,1-2H3. The van der Waals surface area contributed by atoms with Crippen LogP contribution in [0.5, 0.6) is 0 Å². The minimum Gasteiger partial charge on any atom is -0.381 e. The number of nitrogens with zero attached hydrogens (tertiary/aromatic N) is 2. The third kappa shape index (κ3) is 3.10. The monoisotopic (exact) mass is 252 g/mol. The lowest BCUT2D eigenvalue weighted by Crippen LogP contribution is -2.32. The number of nitrogens with two attached hydrogens (primary N) is 1. The zero-order valence-corrected chi connectivity index (χ0v) is 11.4. The van der Waals surface area contributed by atoms with Crippen LogP contribution in [0.25, 0.3) is 0 Å². The van der Waals surface area contributed by atoms with E-state index in [1.165, 1.54) is 5.69 Å². The quantitative estimate of drug-likeness (QED) is 0.612. The van der Waals surface area contributed by atoms with Gasteiger partial charge in [-0.2, -0.15) is 5.10 Å². The zero-order chi connectivity index (χ0) is 13.0. The fraction of sp³-hybridized carbons (Fsp3) is 0.769. The smallest absolute Gasteiger partial charge is 0.0631 e. The highest BCUT2D eigenvalue weighted by Crippen LogP contribution is 2.27. The number of aryl methyl sites for hydroxylation is 2. The summed E-state index contributed by atoms with van der Waals surface area (Å²) < 4.78 is 7.34. The van der Waals surface area contributed by atoms with Crippen LogP contribution in [-0.2, 0) is 18.2 Å². The average Bonchev–Trinajstić information content (AvgIpc) is 2.78. The molecule has 1 aromatic heterocycles. The minimum absolute atomic E-state index is 0.186. The highest BCUT2D eigenvalue weighted by molar-refractivity contribution is 5.14. The number of hydrazine groups is 1. The summed E-state index contributed by atoms with van der Waals surface area (Å²) in [7, 11) is 1.99. The van der Waals surface area contributed by atoms with Crippen molar-refractivity contribution in [2.75, 3.05) is 13.2 Å². The van der Waals surface area contributed by atoms with Gasteiger partial charge in [-0.25, -0.2) is 0 Å². The van der Waals surface area contributed by atoms with Crippen LogP contribution in [0.15, 0.2) is 6.07 Å². The van der Waals surface area contributed by atoms with E-state index < -0.39 is 0 Å². The summed E-state index contributed by atoms with van der Waals surface area (Å²) in [5.41, 5.74) is 5.25. The van der Waals surface area contributed by atoms with Gasteiger partial charge >= 0.3 is 0 Å². The molecule has 0 saturated carbocycles. The Morgan fingerprint density at radius 3 is 2.83 bits per heavy atom. The summed E-state index contributed by atoms with van der Waals surface area (Å²) in [6, 6.07) is 2.34. The van der Waals surface area contributed by atoms with Gasteiger partial charge in [-0.05, 0) is 37.7 Å². The maximum atomic E-state index is 5.72. The second-order valence-corrected chi connectivity index (χ2v) is 5.05. The number of rotatable bonds is 5. The van der Waals surface area contributed by atoms with E-state index in [4.69, 9.17) is 10.6 Å². The number of aromatic nitrogens is 2. The molecule has 5 nitrogen and oxygen atoms in total. The molecule has 1 fully saturated rings.